The highest BCUT2D eigenvalue weighted by atomic mass is 35.5. The van der Waals surface area contributed by atoms with Gasteiger partial charge in [0.05, 0.1) is 22.9 Å². The molecule has 0 atom stereocenters. The lowest BCUT2D eigenvalue weighted by Gasteiger charge is -2.07. The Kier molecular flexibility index (Phi) is 3.23. The summed E-state index contributed by atoms with van der Waals surface area (Å²) in [5, 5.41) is 12.1. The molecule has 0 radical (unpaired) electrons. The number of sulfonamides is 1. The Morgan fingerprint density at radius 3 is 2.83 bits per heavy atom. The van der Waals surface area contributed by atoms with Gasteiger partial charge in [-0.1, -0.05) is 16.8 Å². The number of halogens is 1. The average Bonchev–Trinajstić information content (AvgIpc) is 2.81. The van der Waals surface area contributed by atoms with Crippen molar-refractivity contribution in [2.24, 2.45) is 0 Å². The maximum atomic E-state index is 12.0. The molecule has 0 spiro atoms. The minimum atomic E-state index is -3.88. The van der Waals surface area contributed by atoms with E-state index in [-0.39, 0.29) is 21.2 Å². The molecule has 2 aromatic rings. The highest BCUT2D eigenvalue weighted by molar-refractivity contribution is 7.92. The first-order chi connectivity index (χ1) is 8.53. The molecule has 0 aliphatic heterocycles. The molecule has 92 valence electrons. The first-order valence-corrected chi connectivity index (χ1v) is 6.51. The molecule has 0 unspecified atom stereocenters. The Morgan fingerprint density at radius 2 is 2.22 bits per heavy atom. The van der Waals surface area contributed by atoms with Crippen molar-refractivity contribution in [3.8, 4) is 6.07 Å². The van der Waals surface area contributed by atoms with Crippen molar-refractivity contribution >= 4 is 27.3 Å². The summed E-state index contributed by atoms with van der Waals surface area (Å²) in [6, 6.07) is 5.82. The average molecular weight is 284 g/mol. The Morgan fingerprint density at radius 1 is 1.44 bits per heavy atom. The van der Waals surface area contributed by atoms with Gasteiger partial charge in [-0.05, 0) is 18.2 Å². The third-order valence-corrected chi connectivity index (χ3v) is 3.90. The quantitative estimate of drug-likeness (QED) is 0.929. The highest BCUT2D eigenvalue weighted by Gasteiger charge is 2.19. The lowest BCUT2D eigenvalue weighted by Crippen LogP contribution is -2.13. The van der Waals surface area contributed by atoms with E-state index in [1.165, 1.54) is 24.4 Å². The summed E-state index contributed by atoms with van der Waals surface area (Å²) < 4.78 is 30.8. The lowest BCUT2D eigenvalue weighted by atomic mass is 10.2. The fraction of sp³-hybridized carbons (Fsp3) is 0. The van der Waals surface area contributed by atoms with Crippen LogP contribution in [0.15, 0.2) is 40.1 Å². The number of nitrogens with zero attached hydrogens (tertiary/aromatic N) is 2. The van der Waals surface area contributed by atoms with E-state index in [1.807, 2.05) is 6.07 Å². The summed E-state index contributed by atoms with van der Waals surface area (Å²) >= 11 is 5.81. The van der Waals surface area contributed by atoms with Crippen LogP contribution in [0.1, 0.15) is 5.56 Å². The smallest absolute Gasteiger partial charge is 0.263 e. The van der Waals surface area contributed by atoms with Crippen LogP contribution in [0.3, 0.4) is 0 Å². The third-order valence-electron chi connectivity index (χ3n) is 2.03. The van der Waals surface area contributed by atoms with Gasteiger partial charge in [0.2, 0.25) is 0 Å². The number of nitriles is 1. The molecule has 0 aliphatic rings. The predicted molar refractivity (Wildman–Crippen MR) is 63.5 cm³/mol. The number of aromatic nitrogens is 1. The van der Waals surface area contributed by atoms with E-state index in [1.54, 1.807) is 0 Å². The van der Waals surface area contributed by atoms with Crippen LogP contribution in [0, 0.1) is 11.3 Å². The summed E-state index contributed by atoms with van der Waals surface area (Å²) in [5.74, 6) is 0. The van der Waals surface area contributed by atoms with E-state index in [0.717, 1.165) is 6.26 Å². The van der Waals surface area contributed by atoms with Crippen molar-refractivity contribution in [3.63, 3.8) is 0 Å². The van der Waals surface area contributed by atoms with Crippen molar-refractivity contribution in [3.05, 3.63) is 41.2 Å². The molecule has 2 rings (SSSR count). The van der Waals surface area contributed by atoms with Gasteiger partial charge in [-0.2, -0.15) is 5.26 Å². The van der Waals surface area contributed by atoms with Crippen molar-refractivity contribution in [1.29, 1.82) is 5.26 Å². The van der Waals surface area contributed by atoms with Crippen LogP contribution in [0.5, 0.6) is 0 Å². The Balaban J connectivity index is 2.44. The third kappa shape index (κ3) is 2.45. The Labute approximate surface area is 108 Å². The predicted octanol–water partition coefficient (Wildman–Crippen LogP) is 2.00. The summed E-state index contributed by atoms with van der Waals surface area (Å²) in [6.07, 6.45) is 2.35. The first kappa shape index (κ1) is 12.4. The molecule has 0 saturated heterocycles. The molecule has 1 heterocycles. The molecule has 0 saturated carbocycles. The molecule has 0 amide bonds. The zero-order chi connectivity index (χ0) is 13.2. The van der Waals surface area contributed by atoms with Crippen molar-refractivity contribution in [1.82, 2.24) is 5.16 Å². The topological polar surface area (TPSA) is 96.0 Å². The van der Waals surface area contributed by atoms with Crippen molar-refractivity contribution in [2.75, 3.05) is 4.72 Å². The van der Waals surface area contributed by atoms with Gasteiger partial charge in [0.15, 0.2) is 0 Å². The van der Waals surface area contributed by atoms with Gasteiger partial charge >= 0.3 is 0 Å². The highest BCUT2D eigenvalue weighted by Crippen LogP contribution is 2.24. The SMILES string of the molecule is N#Cc1ccc(Cl)c(S(=O)(=O)Nc2cnoc2)c1. The molecule has 1 aromatic carbocycles. The van der Waals surface area contributed by atoms with Crippen LogP contribution in [-0.4, -0.2) is 13.6 Å². The van der Waals surface area contributed by atoms with Crippen molar-refractivity contribution in [2.45, 2.75) is 4.90 Å². The molecular weight excluding hydrogens is 278 g/mol. The van der Waals surface area contributed by atoms with Crippen LogP contribution in [0.2, 0.25) is 5.02 Å². The zero-order valence-corrected chi connectivity index (χ0v) is 10.4. The van der Waals surface area contributed by atoms with Gasteiger partial charge in [-0.15, -0.1) is 0 Å². The Hall–Kier alpha value is -2.04. The van der Waals surface area contributed by atoms with E-state index in [9.17, 15) is 8.42 Å². The van der Waals surface area contributed by atoms with Gasteiger partial charge in [-0.25, -0.2) is 8.42 Å². The second kappa shape index (κ2) is 4.68. The monoisotopic (exact) mass is 283 g/mol. The van der Waals surface area contributed by atoms with Gasteiger partial charge < -0.3 is 4.52 Å². The molecule has 0 fully saturated rings. The number of anilines is 1. The van der Waals surface area contributed by atoms with Crippen LogP contribution < -0.4 is 4.72 Å². The van der Waals surface area contributed by atoms with Crippen LogP contribution in [0.4, 0.5) is 5.69 Å². The Bertz CT molecular complexity index is 704. The van der Waals surface area contributed by atoms with Crippen LogP contribution >= 0.6 is 11.6 Å². The second-order valence-corrected chi connectivity index (χ2v) is 5.33. The van der Waals surface area contributed by atoms with Gasteiger partial charge in [0, 0.05) is 0 Å². The number of nitrogens with one attached hydrogen (secondary N) is 1. The molecule has 0 bridgehead atoms. The van der Waals surface area contributed by atoms with Crippen molar-refractivity contribution < 1.29 is 12.9 Å². The first-order valence-electron chi connectivity index (χ1n) is 4.65. The number of benzene rings is 1. The summed E-state index contributed by atoms with van der Waals surface area (Å²) in [6.45, 7) is 0. The molecule has 1 aromatic heterocycles. The maximum Gasteiger partial charge on any atom is 0.263 e. The van der Waals surface area contributed by atoms with Gasteiger partial charge in [0.25, 0.3) is 10.0 Å². The van der Waals surface area contributed by atoms with Gasteiger partial charge in [-0.3, -0.25) is 4.72 Å². The normalized spacial score (nSPS) is 10.9. The summed E-state index contributed by atoms with van der Waals surface area (Å²) in [7, 11) is -3.88. The van der Waals surface area contributed by atoms with E-state index < -0.39 is 10.0 Å². The molecular formula is C10H6ClN3O3S. The lowest BCUT2D eigenvalue weighted by molar-refractivity contribution is 0.420. The standard InChI is InChI=1S/C10H6ClN3O3S/c11-9-2-1-7(4-12)3-10(9)18(15,16)14-8-5-13-17-6-8/h1-3,5-6,14H. The minimum Gasteiger partial charge on any atom is -0.362 e. The van der Waals surface area contributed by atoms with Crippen LogP contribution in [0.25, 0.3) is 0 Å². The number of rotatable bonds is 3. The largest absolute Gasteiger partial charge is 0.362 e. The fourth-order valence-electron chi connectivity index (χ4n) is 1.24. The number of hydrogen-bond donors (Lipinski definition) is 1. The van der Waals surface area contributed by atoms with E-state index in [0.29, 0.717) is 0 Å². The number of hydrogen-bond acceptors (Lipinski definition) is 5. The van der Waals surface area contributed by atoms with Gasteiger partial charge in [0.1, 0.15) is 16.8 Å². The summed E-state index contributed by atoms with van der Waals surface area (Å²) in [4.78, 5) is -0.176. The minimum absolute atomic E-state index is 0.0259. The maximum absolute atomic E-state index is 12.0. The summed E-state index contributed by atoms with van der Waals surface area (Å²) in [5.41, 5.74) is 0.374. The molecule has 8 heteroatoms. The molecule has 1 N–H and O–H groups in total. The van der Waals surface area contributed by atoms with Crippen LogP contribution in [-0.2, 0) is 10.0 Å². The zero-order valence-electron chi connectivity index (χ0n) is 8.79. The fourth-order valence-corrected chi connectivity index (χ4v) is 2.79. The second-order valence-electron chi connectivity index (χ2n) is 3.28. The molecule has 6 nitrogen and oxygen atoms in total. The van der Waals surface area contributed by atoms with E-state index >= 15 is 0 Å². The molecule has 18 heavy (non-hydrogen) atoms. The van der Waals surface area contributed by atoms with E-state index in [2.05, 4.69) is 14.4 Å². The van der Waals surface area contributed by atoms with E-state index in [4.69, 9.17) is 16.9 Å². The molecule has 0 aliphatic carbocycles.